The van der Waals surface area contributed by atoms with E-state index in [0.29, 0.717) is 0 Å². The summed E-state index contributed by atoms with van der Waals surface area (Å²) in [6.45, 7) is 3.52. The van der Waals surface area contributed by atoms with Crippen molar-refractivity contribution in [3.63, 3.8) is 0 Å². The number of carbonyl (C=O) groups is 1. The fraction of sp³-hybridized carbons (Fsp3) is 0.300. The van der Waals surface area contributed by atoms with Crippen LogP contribution >= 0.6 is 23.4 Å². The number of carbonyl (C=O) groups excluding carboxylic acids is 1. The molecule has 1 unspecified atom stereocenters. The van der Waals surface area contributed by atoms with Crippen LogP contribution in [0.25, 0.3) is 0 Å². The first-order chi connectivity index (χ1) is 6.09. The van der Waals surface area contributed by atoms with Gasteiger partial charge in [0.15, 0.2) is 5.78 Å². The number of aryl methyl sites for hydroxylation is 1. The monoisotopic (exact) mass is 214 g/mol. The Morgan fingerprint density at radius 2 is 1.92 bits per heavy atom. The summed E-state index contributed by atoms with van der Waals surface area (Å²) in [6.07, 6.45) is 0. The van der Waals surface area contributed by atoms with Gasteiger partial charge in [0.2, 0.25) is 0 Å². The van der Waals surface area contributed by atoms with Crippen LogP contribution in [0, 0.1) is 6.92 Å². The van der Waals surface area contributed by atoms with E-state index >= 15 is 0 Å². The fourth-order valence-electron chi connectivity index (χ4n) is 0.819. The molecule has 1 atom stereocenters. The van der Waals surface area contributed by atoms with Gasteiger partial charge in [-0.1, -0.05) is 29.5 Å². The molecule has 0 fully saturated rings. The van der Waals surface area contributed by atoms with E-state index in [1.54, 1.807) is 0 Å². The number of hydrogen-bond acceptors (Lipinski definition) is 2. The number of hydrogen-bond donors (Lipinski definition) is 0. The van der Waals surface area contributed by atoms with Crippen LogP contribution < -0.4 is 0 Å². The zero-order valence-corrected chi connectivity index (χ0v) is 9.15. The van der Waals surface area contributed by atoms with Crippen LogP contribution in [0.15, 0.2) is 29.2 Å². The van der Waals surface area contributed by atoms with Crippen molar-refractivity contribution in [2.75, 3.05) is 0 Å². The molecule has 0 spiro atoms. The molecule has 0 saturated heterocycles. The van der Waals surface area contributed by atoms with E-state index in [1.165, 1.54) is 24.2 Å². The zero-order valence-electron chi connectivity index (χ0n) is 7.58. The average Bonchev–Trinajstić information content (AvgIpc) is 2.08. The highest BCUT2D eigenvalue weighted by Gasteiger charge is 2.10. The van der Waals surface area contributed by atoms with Gasteiger partial charge in [0.1, 0.15) is 4.71 Å². The molecule has 1 nitrogen and oxygen atoms in total. The molecule has 0 amide bonds. The quantitative estimate of drug-likeness (QED) is 0.568. The third kappa shape index (κ3) is 3.41. The summed E-state index contributed by atoms with van der Waals surface area (Å²) in [5.74, 6) is -0.00718. The van der Waals surface area contributed by atoms with E-state index in [1.807, 2.05) is 31.2 Å². The Morgan fingerprint density at radius 3 is 2.38 bits per heavy atom. The second-order valence-corrected chi connectivity index (χ2v) is 4.73. The van der Waals surface area contributed by atoms with Gasteiger partial charge in [-0.05, 0) is 26.0 Å². The van der Waals surface area contributed by atoms with Crippen LogP contribution in [-0.2, 0) is 4.79 Å². The summed E-state index contributed by atoms with van der Waals surface area (Å²) in [4.78, 5) is 11.9. The third-order valence-electron chi connectivity index (χ3n) is 1.58. The standard InChI is InChI=1S/C10H11ClOS/c1-7-3-5-9(6-4-7)13-10(11)8(2)12/h3-6,10H,1-2H3. The molecule has 13 heavy (non-hydrogen) atoms. The maximum Gasteiger partial charge on any atom is 0.158 e. The normalized spacial score (nSPS) is 12.5. The Morgan fingerprint density at radius 1 is 1.38 bits per heavy atom. The Balaban J connectivity index is 2.64. The maximum atomic E-state index is 10.9. The molecule has 0 bridgehead atoms. The van der Waals surface area contributed by atoms with E-state index in [2.05, 4.69) is 0 Å². The summed E-state index contributed by atoms with van der Waals surface area (Å²) >= 11 is 7.18. The van der Waals surface area contributed by atoms with E-state index in [4.69, 9.17) is 11.6 Å². The lowest BCUT2D eigenvalue weighted by molar-refractivity contribution is -0.115. The van der Waals surface area contributed by atoms with Crippen LogP contribution in [0.1, 0.15) is 12.5 Å². The number of thioether (sulfide) groups is 1. The first-order valence-corrected chi connectivity index (χ1v) is 5.29. The van der Waals surface area contributed by atoms with Crippen molar-refractivity contribution in [2.24, 2.45) is 0 Å². The summed E-state index contributed by atoms with van der Waals surface area (Å²) in [7, 11) is 0. The van der Waals surface area contributed by atoms with Gasteiger partial charge in [0.05, 0.1) is 0 Å². The second kappa shape index (κ2) is 4.68. The largest absolute Gasteiger partial charge is 0.297 e. The highest BCUT2D eigenvalue weighted by atomic mass is 35.5. The molecule has 0 N–H and O–H groups in total. The fourth-order valence-corrected chi connectivity index (χ4v) is 1.83. The molecule has 1 aromatic rings. The van der Waals surface area contributed by atoms with E-state index in [0.717, 1.165) is 4.90 Å². The van der Waals surface area contributed by atoms with Crippen LogP contribution in [0.3, 0.4) is 0 Å². The molecular formula is C10H11ClOS. The third-order valence-corrected chi connectivity index (χ3v) is 3.24. The highest BCUT2D eigenvalue weighted by Crippen LogP contribution is 2.26. The Bertz CT molecular complexity index is 294. The predicted octanol–water partition coefficient (Wildman–Crippen LogP) is 3.24. The van der Waals surface area contributed by atoms with Crippen molar-refractivity contribution < 1.29 is 4.79 Å². The minimum Gasteiger partial charge on any atom is -0.297 e. The second-order valence-electron chi connectivity index (χ2n) is 2.86. The number of rotatable bonds is 3. The van der Waals surface area contributed by atoms with Gasteiger partial charge in [-0.3, -0.25) is 4.79 Å². The van der Waals surface area contributed by atoms with E-state index < -0.39 is 4.71 Å². The van der Waals surface area contributed by atoms with Crippen molar-refractivity contribution in [1.29, 1.82) is 0 Å². The molecule has 0 radical (unpaired) electrons. The lowest BCUT2D eigenvalue weighted by Gasteiger charge is -2.04. The van der Waals surface area contributed by atoms with Crippen molar-refractivity contribution in [3.8, 4) is 0 Å². The number of Topliss-reactive ketones (excluding diaryl/α,β-unsaturated/α-hetero) is 1. The van der Waals surface area contributed by atoms with E-state index in [-0.39, 0.29) is 5.78 Å². The smallest absolute Gasteiger partial charge is 0.158 e. The van der Waals surface area contributed by atoms with Gasteiger partial charge in [0, 0.05) is 4.90 Å². The number of benzene rings is 1. The molecule has 1 aromatic carbocycles. The molecule has 0 aliphatic heterocycles. The van der Waals surface area contributed by atoms with Crippen molar-refractivity contribution in [2.45, 2.75) is 23.5 Å². The molecule has 0 saturated carbocycles. The van der Waals surface area contributed by atoms with Gasteiger partial charge < -0.3 is 0 Å². The maximum absolute atomic E-state index is 10.9. The van der Waals surface area contributed by atoms with Crippen molar-refractivity contribution >= 4 is 29.1 Å². The molecule has 1 rings (SSSR count). The van der Waals surface area contributed by atoms with Gasteiger partial charge in [0.25, 0.3) is 0 Å². The van der Waals surface area contributed by atoms with Gasteiger partial charge >= 0.3 is 0 Å². The van der Waals surface area contributed by atoms with Crippen LogP contribution in [0.5, 0.6) is 0 Å². The van der Waals surface area contributed by atoms with Gasteiger partial charge in [-0.15, -0.1) is 11.6 Å². The Labute approximate surface area is 87.5 Å². The number of halogens is 1. The lowest BCUT2D eigenvalue weighted by atomic mass is 10.2. The molecule has 0 aliphatic carbocycles. The molecular weight excluding hydrogens is 204 g/mol. The van der Waals surface area contributed by atoms with Crippen molar-refractivity contribution in [3.05, 3.63) is 29.8 Å². The topological polar surface area (TPSA) is 17.1 Å². The van der Waals surface area contributed by atoms with Crippen molar-refractivity contribution in [1.82, 2.24) is 0 Å². The van der Waals surface area contributed by atoms with E-state index in [9.17, 15) is 4.79 Å². The highest BCUT2D eigenvalue weighted by molar-refractivity contribution is 8.01. The SMILES string of the molecule is CC(=O)C(Cl)Sc1ccc(C)cc1. The van der Waals surface area contributed by atoms with Gasteiger partial charge in [-0.2, -0.15) is 0 Å². The predicted molar refractivity (Wildman–Crippen MR) is 57.4 cm³/mol. The molecule has 3 heteroatoms. The summed E-state index contributed by atoms with van der Waals surface area (Å²) < 4.78 is -0.470. The molecule has 0 heterocycles. The Kier molecular flexibility index (Phi) is 3.82. The molecule has 0 aromatic heterocycles. The van der Waals surface area contributed by atoms with Gasteiger partial charge in [-0.25, -0.2) is 0 Å². The lowest BCUT2D eigenvalue weighted by Crippen LogP contribution is -2.04. The minimum atomic E-state index is -0.470. The number of alkyl halides is 1. The first-order valence-electron chi connectivity index (χ1n) is 3.97. The molecule has 0 aliphatic rings. The zero-order chi connectivity index (χ0) is 9.84. The van der Waals surface area contributed by atoms with Crippen LogP contribution in [0.2, 0.25) is 0 Å². The summed E-state index contributed by atoms with van der Waals surface area (Å²) in [6, 6.07) is 7.95. The summed E-state index contributed by atoms with van der Waals surface area (Å²) in [5, 5.41) is 0. The molecule has 70 valence electrons. The first kappa shape index (κ1) is 10.6. The minimum absolute atomic E-state index is 0.00718. The average molecular weight is 215 g/mol. The Hall–Kier alpha value is -0.470. The summed E-state index contributed by atoms with van der Waals surface area (Å²) in [5.41, 5.74) is 1.21. The number of ketones is 1. The van der Waals surface area contributed by atoms with Crippen LogP contribution in [-0.4, -0.2) is 10.5 Å². The van der Waals surface area contributed by atoms with Crippen LogP contribution in [0.4, 0.5) is 0 Å².